The zero-order valence-corrected chi connectivity index (χ0v) is 12.0. The Bertz CT molecular complexity index is 717. The van der Waals surface area contributed by atoms with Gasteiger partial charge in [0, 0.05) is 18.2 Å². The molecule has 1 aromatic heterocycles. The molecule has 0 saturated carbocycles. The number of ether oxygens (including phenoxy) is 1. The number of fused-ring (bicyclic) bond motifs is 1. The maximum Gasteiger partial charge on any atom is 0.251 e. The molecule has 0 saturated heterocycles. The predicted octanol–water partition coefficient (Wildman–Crippen LogP) is 2.71. The number of H-pyrrole nitrogens is 1. The molecule has 0 amide bonds. The summed E-state index contributed by atoms with van der Waals surface area (Å²) in [6.45, 7) is 6.12. The molecule has 0 fully saturated rings. The molecule has 3 rings (SSSR count). The van der Waals surface area contributed by atoms with Crippen molar-refractivity contribution in [2.45, 2.75) is 39.2 Å². The Morgan fingerprint density at radius 1 is 1.40 bits per heavy atom. The lowest BCUT2D eigenvalue weighted by atomic mass is 10.0. The molecule has 104 valence electrons. The van der Waals surface area contributed by atoms with E-state index in [9.17, 15) is 4.79 Å². The minimum Gasteiger partial charge on any atom is -0.486 e. The van der Waals surface area contributed by atoms with E-state index in [1.54, 1.807) is 0 Å². The van der Waals surface area contributed by atoms with Gasteiger partial charge in [0.15, 0.2) is 0 Å². The summed E-state index contributed by atoms with van der Waals surface area (Å²) in [5.41, 5.74) is 2.49. The molecular formula is C16H18N2O2. The number of rotatable bonds is 2. The van der Waals surface area contributed by atoms with Gasteiger partial charge in [-0.05, 0) is 31.9 Å². The van der Waals surface area contributed by atoms with E-state index < -0.39 is 0 Å². The Hall–Kier alpha value is -2.10. The fraction of sp³-hybridized carbons (Fsp3) is 0.375. The Morgan fingerprint density at radius 3 is 2.95 bits per heavy atom. The monoisotopic (exact) mass is 270 g/mol. The fourth-order valence-electron chi connectivity index (χ4n) is 2.62. The number of hydrogen-bond donors (Lipinski definition) is 1. The van der Waals surface area contributed by atoms with Gasteiger partial charge < -0.3 is 9.72 Å². The van der Waals surface area contributed by atoms with Crippen LogP contribution < -0.4 is 10.3 Å². The van der Waals surface area contributed by atoms with Gasteiger partial charge in [0.05, 0.1) is 5.56 Å². The average molecular weight is 270 g/mol. The highest BCUT2D eigenvalue weighted by Gasteiger charge is 2.32. The molecule has 1 aromatic carbocycles. The van der Waals surface area contributed by atoms with Crippen LogP contribution in [-0.2, 0) is 12.8 Å². The van der Waals surface area contributed by atoms with Crippen molar-refractivity contribution in [3.05, 3.63) is 45.9 Å². The summed E-state index contributed by atoms with van der Waals surface area (Å²) in [7, 11) is 0. The highest BCUT2D eigenvalue weighted by atomic mass is 16.5. The number of aromatic amines is 1. The maximum atomic E-state index is 11.7. The van der Waals surface area contributed by atoms with Crippen LogP contribution >= 0.6 is 0 Å². The third-order valence-electron chi connectivity index (χ3n) is 3.50. The molecular weight excluding hydrogens is 252 g/mol. The normalized spacial score (nSPS) is 15.8. The largest absolute Gasteiger partial charge is 0.486 e. The standard InChI is InChI=1S/C16H18N2O2/c1-4-11-8-13(19)18-15(17-11)12-7-5-6-10-9-16(2,3)20-14(10)12/h5-8H,4,9H2,1-3H3,(H,17,18,19). The summed E-state index contributed by atoms with van der Waals surface area (Å²) >= 11 is 0. The second kappa shape index (κ2) is 4.47. The van der Waals surface area contributed by atoms with Crippen molar-refractivity contribution in [1.29, 1.82) is 0 Å². The van der Waals surface area contributed by atoms with Crippen molar-refractivity contribution < 1.29 is 4.74 Å². The molecule has 0 unspecified atom stereocenters. The Morgan fingerprint density at radius 2 is 2.20 bits per heavy atom. The lowest BCUT2D eigenvalue weighted by Crippen LogP contribution is -2.24. The number of benzene rings is 1. The summed E-state index contributed by atoms with van der Waals surface area (Å²) in [4.78, 5) is 19.1. The highest BCUT2D eigenvalue weighted by Crippen LogP contribution is 2.40. The van der Waals surface area contributed by atoms with Crippen LogP contribution in [0.1, 0.15) is 32.0 Å². The molecule has 0 atom stereocenters. The van der Waals surface area contributed by atoms with Crippen molar-refractivity contribution in [2.24, 2.45) is 0 Å². The average Bonchev–Trinajstić information content (AvgIpc) is 2.71. The molecule has 2 aromatic rings. The van der Waals surface area contributed by atoms with E-state index in [1.807, 2.05) is 19.1 Å². The summed E-state index contributed by atoms with van der Waals surface area (Å²) < 4.78 is 6.03. The molecule has 0 aliphatic carbocycles. The van der Waals surface area contributed by atoms with E-state index in [0.29, 0.717) is 5.82 Å². The first-order chi connectivity index (χ1) is 9.48. The second-order valence-electron chi connectivity index (χ2n) is 5.77. The molecule has 20 heavy (non-hydrogen) atoms. The molecule has 0 radical (unpaired) electrons. The molecule has 4 heteroatoms. The van der Waals surface area contributed by atoms with Gasteiger partial charge in [0.2, 0.25) is 0 Å². The van der Waals surface area contributed by atoms with Crippen LogP contribution in [0.2, 0.25) is 0 Å². The number of nitrogens with zero attached hydrogens (tertiary/aromatic N) is 1. The minimum atomic E-state index is -0.207. The number of aromatic nitrogens is 2. The van der Waals surface area contributed by atoms with E-state index in [-0.39, 0.29) is 11.2 Å². The summed E-state index contributed by atoms with van der Waals surface area (Å²) in [5, 5.41) is 0. The third kappa shape index (κ3) is 2.22. The highest BCUT2D eigenvalue weighted by molar-refractivity contribution is 5.68. The lowest BCUT2D eigenvalue weighted by molar-refractivity contribution is 0.139. The van der Waals surface area contributed by atoms with Gasteiger partial charge in [-0.1, -0.05) is 19.1 Å². The Kier molecular flexibility index (Phi) is 2.89. The molecule has 1 aliphatic rings. The van der Waals surface area contributed by atoms with Gasteiger partial charge >= 0.3 is 0 Å². The Balaban J connectivity index is 2.16. The second-order valence-corrected chi connectivity index (χ2v) is 5.77. The van der Waals surface area contributed by atoms with E-state index in [0.717, 1.165) is 35.4 Å². The van der Waals surface area contributed by atoms with Gasteiger partial charge in [-0.3, -0.25) is 4.79 Å². The quantitative estimate of drug-likeness (QED) is 0.912. The maximum absolute atomic E-state index is 11.7. The van der Waals surface area contributed by atoms with E-state index in [1.165, 1.54) is 6.07 Å². The van der Waals surface area contributed by atoms with Crippen LogP contribution in [0, 0.1) is 0 Å². The van der Waals surface area contributed by atoms with Crippen molar-refractivity contribution in [2.75, 3.05) is 0 Å². The van der Waals surface area contributed by atoms with Gasteiger partial charge in [-0.2, -0.15) is 0 Å². The first-order valence-electron chi connectivity index (χ1n) is 6.90. The van der Waals surface area contributed by atoms with Crippen molar-refractivity contribution in [3.63, 3.8) is 0 Å². The van der Waals surface area contributed by atoms with Crippen molar-refractivity contribution >= 4 is 0 Å². The molecule has 2 heterocycles. The van der Waals surface area contributed by atoms with Crippen LogP contribution in [0.25, 0.3) is 11.4 Å². The lowest BCUT2D eigenvalue weighted by Gasteiger charge is -2.18. The molecule has 4 nitrogen and oxygen atoms in total. The van der Waals surface area contributed by atoms with Crippen LogP contribution in [-0.4, -0.2) is 15.6 Å². The number of para-hydroxylation sites is 1. The zero-order chi connectivity index (χ0) is 14.3. The summed E-state index contributed by atoms with van der Waals surface area (Å²) in [6, 6.07) is 7.53. The minimum absolute atomic E-state index is 0.123. The molecule has 0 bridgehead atoms. The van der Waals surface area contributed by atoms with Gasteiger partial charge in [0.25, 0.3) is 5.56 Å². The third-order valence-corrected chi connectivity index (χ3v) is 3.50. The van der Waals surface area contributed by atoms with Crippen LogP contribution in [0.15, 0.2) is 29.1 Å². The van der Waals surface area contributed by atoms with E-state index in [2.05, 4.69) is 29.9 Å². The number of nitrogens with one attached hydrogen (secondary N) is 1. The first-order valence-corrected chi connectivity index (χ1v) is 6.90. The molecule has 0 spiro atoms. The van der Waals surface area contributed by atoms with Gasteiger partial charge in [-0.15, -0.1) is 0 Å². The fourth-order valence-corrected chi connectivity index (χ4v) is 2.62. The summed E-state index contributed by atoms with van der Waals surface area (Å²) in [6.07, 6.45) is 1.60. The summed E-state index contributed by atoms with van der Waals surface area (Å²) in [5.74, 6) is 1.43. The van der Waals surface area contributed by atoms with Crippen molar-refractivity contribution in [1.82, 2.24) is 9.97 Å². The molecule has 1 aliphatic heterocycles. The van der Waals surface area contributed by atoms with Gasteiger partial charge in [0.1, 0.15) is 17.2 Å². The van der Waals surface area contributed by atoms with Crippen molar-refractivity contribution in [3.8, 4) is 17.1 Å². The Labute approximate surface area is 117 Å². The smallest absolute Gasteiger partial charge is 0.251 e. The molecule has 1 N–H and O–H groups in total. The van der Waals surface area contributed by atoms with Crippen LogP contribution in [0.4, 0.5) is 0 Å². The predicted molar refractivity (Wildman–Crippen MR) is 78.1 cm³/mol. The van der Waals surface area contributed by atoms with E-state index >= 15 is 0 Å². The van der Waals surface area contributed by atoms with E-state index in [4.69, 9.17) is 4.74 Å². The topological polar surface area (TPSA) is 55.0 Å². The van der Waals surface area contributed by atoms with Crippen LogP contribution in [0.5, 0.6) is 5.75 Å². The number of aryl methyl sites for hydroxylation is 1. The van der Waals surface area contributed by atoms with Crippen LogP contribution in [0.3, 0.4) is 0 Å². The van der Waals surface area contributed by atoms with Gasteiger partial charge in [-0.25, -0.2) is 4.98 Å². The SMILES string of the molecule is CCc1cc(=O)[nH]c(-c2cccc3c2OC(C)(C)C3)n1. The zero-order valence-electron chi connectivity index (χ0n) is 12.0. The number of hydrogen-bond acceptors (Lipinski definition) is 3. The first kappa shape index (κ1) is 12.9.